The van der Waals surface area contributed by atoms with E-state index in [1.165, 1.54) is 19.4 Å². The summed E-state index contributed by atoms with van der Waals surface area (Å²) >= 11 is 0. The highest BCUT2D eigenvalue weighted by atomic mass is 19.4. The lowest BCUT2D eigenvalue weighted by molar-refractivity contribution is -0.137. The lowest BCUT2D eigenvalue weighted by Crippen LogP contribution is -2.44. The van der Waals surface area contributed by atoms with Gasteiger partial charge in [-0.2, -0.15) is 18.4 Å². The number of likely N-dealkylation sites (tertiary alicyclic amines) is 1. The molecule has 2 fully saturated rings. The van der Waals surface area contributed by atoms with E-state index in [0.717, 1.165) is 12.1 Å². The van der Waals surface area contributed by atoms with Crippen molar-refractivity contribution in [3.8, 4) is 6.07 Å². The third kappa shape index (κ3) is 4.27. The Hall–Kier alpha value is -3.48. The molecule has 1 aromatic heterocycles. The van der Waals surface area contributed by atoms with Crippen LogP contribution < -0.4 is 10.2 Å². The second-order valence-corrected chi connectivity index (χ2v) is 8.57. The maximum Gasteiger partial charge on any atom is 0.417 e. The Labute approximate surface area is 188 Å². The van der Waals surface area contributed by atoms with Crippen LogP contribution in [0, 0.1) is 16.7 Å². The van der Waals surface area contributed by atoms with Crippen LogP contribution in [0.1, 0.15) is 40.9 Å². The second-order valence-electron chi connectivity index (χ2n) is 8.57. The normalized spacial score (nSPS) is 20.0. The first-order valence-electron chi connectivity index (χ1n) is 10.6. The van der Waals surface area contributed by atoms with Gasteiger partial charge in [-0.1, -0.05) is 0 Å². The molecule has 2 aliphatic rings. The topological polar surface area (TPSA) is 89.6 Å². The summed E-state index contributed by atoms with van der Waals surface area (Å²) in [4.78, 5) is 28.6. The largest absolute Gasteiger partial charge is 0.459 e. The summed E-state index contributed by atoms with van der Waals surface area (Å²) in [6.45, 7) is 1.32. The molecular formula is C23H23F3N4O3. The minimum Gasteiger partial charge on any atom is -0.459 e. The fraction of sp³-hybridized carbons (Fsp3) is 0.435. The number of nitrogens with one attached hydrogen (secondary N) is 1. The molecule has 1 spiro atoms. The van der Waals surface area contributed by atoms with Crippen molar-refractivity contribution in [3.63, 3.8) is 0 Å². The van der Waals surface area contributed by atoms with Crippen LogP contribution in [0.5, 0.6) is 0 Å². The van der Waals surface area contributed by atoms with E-state index in [1.54, 1.807) is 28.0 Å². The van der Waals surface area contributed by atoms with Gasteiger partial charge in [0.25, 0.3) is 5.91 Å². The van der Waals surface area contributed by atoms with Crippen molar-refractivity contribution in [2.45, 2.75) is 31.5 Å². The maximum atomic E-state index is 13.5. The Morgan fingerprint density at radius 2 is 1.97 bits per heavy atom. The molecule has 1 aromatic carbocycles. The highest BCUT2D eigenvalue weighted by Gasteiger charge is 2.49. The average Bonchev–Trinajstić information content (AvgIpc) is 3.47. The van der Waals surface area contributed by atoms with Gasteiger partial charge in [0, 0.05) is 32.4 Å². The summed E-state index contributed by atoms with van der Waals surface area (Å²) < 4.78 is 45.7. The summed E-state index contributed by atoms with van der Waals surface area (Å²) in [6, 6.07) is 7.75. The molecule has 10 heteroatoms. The molecule has 2 amide bonds. The summed E-state index contributed by atoms with van der Waals surface area (Å²) in [5.41, 5.74) is -1.54. The molecule has 174 valence electrons. The number of carbonyl (C=O) groups is 2. The van der Waals surface area contributed by atoms with E-state index in [1.807, 2.05) is 0 Å². The molecule has 2 aromatic rings. The predicted octanol–water partition coefficient (Wildman–Crippen LogP) is 3.42. The first-order valence-corrected chi connectivity index (χ1v) is 10.6. The van der Waals surface area contributed by atoms with E-state index in [2.05, 4.69) is 5.32 Å². The van der Waals surface area contributed by atoms with Crippen molar-refractivity contribution in [1.29, 1.82) is 5.26 Å². The van der Waals surface area contributed by atoms with Crippen LogP contribution in [0.2, 0.25) is 0 Å². The smallest absolute Gasteiger partial charge is 0.417 e. The zero-order valence-corrected chi connectivity index (χ0v) is 18.0. The standard InChI is InChI=1S/C23H23F3N4O3/c1-28-20(31)18-12-22(6-8-29(9-7-22)21(32)19-3-2-10-33-19)14-30(18)16-5-4-15(13-27)17(11-16)23(24,25)26/h2-5,10-11,18H,6-9,12,14H2,1H3,(H,28,31). The molecule has 33 heavy (non-hydrogen) atoms. The van der Waals surface area contributed by atoms with Gasteiger partial charge < -0.3 is 19.5 Å². The van der Waals surface area contributed by atoms with Crippen LogP contribution in [-0.2, 0) is 11.0 Å². The number of halogens is 3. The molecule has 7 nitrogen and oxygen atoms in total. The zero-order chi connectivity index (χ0) is 23.8. The minimum atomic E-state index is -4.68. The van der Waals surface area contributed by atoms with Crippen molar-refractivity contribution in [2.24, 2.45) is 5.41 Å². The molecule has 1 N–H and O–H groups in total. The van der Waals surface area contributed by atoms with Gasteiger partial charge >= 0.3 is 6.18 Å². The van der Waals surface area contributed by atoms with E-state index in [-0.39, 0.29) is 28.7 Å². The van der Waals surface area contributed by atoms with E-state index >= 15 is 0 Å². The molecule has 0 aliphatic carbocycles. The fourth-order valence-corrected chi connectivity index (χ4v) is 4.87. The van der Waals surface area contributed by atoms with Gasteiger partial charge in [-0.15, -0.1) is 0 Å². The van der Waals surface area contributed by atoms with Crippen LogP contribution in [0.15, 0.2) is 41.0 Å². The quantitative estimate of drug-likeness (QED) is 0.758. The molecule has 1 atom stereocenters. The molecule has 0 saturated carbocycles. The number of furan rings is 1. The average molecular weight is 460 g/mol. The van der Waals surface area contributed by atoms with E-state index in [0.29, 0.717) is 38.9 Å². The number of amides is 2. The van der Waals surface area contributed by atoms with Gasteiger partial charge in [0.15, 0.2) is 5.76 Å². The predicted molar refractivity (Wildman–Crippen MR) is 112 cm³/mol. The Morgan fingerprint density at radius 1 is 1.24 bits per heavy atom. The fourth-order valence-electron chi connectivity index (χ4n) is 4.87. The van der Waals surface area contributed by atoms with Gasteiger partial charge in [-0.25, -0.2) is 0 Å². The van der Waals surface area contributed by atoms with E-state index in [9.17, 15) is 22.8 Å². The maximum absolute atomic E-state index is 13.5. The van der Waals surface area contributed by atoms with Gasteiger partial charge in [0.05, 0.1) is 23.5 Å². The number of nitrogens with zero attached hydrogens (tertiary/aromatic N) is 3. The Bertz CT molecular complexity index is 1080. The summed E-state index contributed by atoms with van der Waals surface area (Å²) in [6.07, 6.45) is -1.54. The summed E-state index contributed by atoms with van der Waals surface area (Å²) in [5.74, 6) is -0.215. The molecule has 3 heterocycles. The van der Waals surface area contributed by atoms with E-state index < -0.39 is 23.3 Å². The van der Waals surface area contributed by atoms with Crippen LogP contribution in [0.4, 0.5) is 18.9 Å². The number of hydrogen-bond donors (Lipinski definition) is 1. The van der Waals surface area contributed by atoms with Crippen LogP contribution in [-0.4, -0.2) is 49.4 Å². The summed E-state index contributed by atoms with van der Waals surface area (Å²) in [7, 11) is 1.50. The highest BCUT2D eigenvalue weighted by molar-refractivity contribution is 5.91. The number of anilines is 1. The van der Waals surface area contributed by atoms with Crippen LogP contribution in [0.3, 0.4) is 0 Å². The molecule has 4 rings (SSSR count). The number of piperidine rings is 1. The monoisotopic (exact) mass is 460 g/mol. The molecule has 1 unspecified atom stereocenters. The Morgan fingerprint density at radius 3 is 2.55 bits per heavy atom. The lowest BCUT2D eigenvalue weighted by Gasteiger charge is -2.39. The summed E-state index contributed by atoms with van der Waals surface area (Å²) in [5, 5.41) is 11.7. The lowest BCUT2D eigenvalue weighted by atomic mass is 9.76. The zero-order valence-electron chi connectivity index (χ0n) is 18.0. The van der Waals surface area contributed by atoms with Gasteiger partial charge in [-0.05, 0) is 55.0 Å². The van der Waals surface area contributed by atoms with Crippen molar-refractivity contribution in [2.75, 3.05) is 31.6 Å². The highest BCUT2D eigenvalue weighted by Crippen LogP contribution is 2.46. The van der Waals surface area contributed by atoms with Gasteiger partial charge in [-0.3, -0.25) is 9.59 Å². The molecule has 0 bridgehead atoms. The molecular weight excluding hydrogens is 437 g/mol. The number of likely N-dealkylation sites (N-methyl/N-ethyl adjacent to an activating group) is 1. The van der Waals surface area contributed by atoms with Gasteiger partial charge in [0.1, 0.15) is 6.04 Å². The first-order chi connectivity index (χ1) is 15.7. The van der Waals surface area contributed by atoms with E-state index in [4.69, 9.17) is 9.68 Å². The Kier molecular flexibility index (Phi) is 5.82. The third-order valence-corrected chi connectivity index (χ3v) is 6.66. The van der Waals surface area contributed by atoms with Gasteiger partial charge in [0.2, 0.25) is 5.91 Å². The Balaban J connectivity index is 1.58. The third-order valence-electron chi connectivity index (χ3n) is 6.66. The van der Waals surface area contributed by atoms with Crippen molar-refractivity contribution < 1.29 is 27.2 Å². The SMILES string of the molecule is CNC(=O)C1CC2(CCN(C(=O)c3ccco3)CC2)CN1c1ccc(C#N)c(C(F)(F)F)c1. The molecule has 2 aliphatic heterocycles. The number of alkyl halides is 3. The second kappa shape index (κ2) is 8.46. The number of nitriles is 1. The van der Waals surface area contributed by atoms with Crippen LogP contribution >= 0.6 is 0 Å². The van der Waals surface area contributed by atoms with Crippen molar-refractivity contribution in [3.05, 3.63) is 53.5 Å². The number of carbonyl (C=O) groups excluding carboxylic acids is 2. The molecule has 0 radical (unpaired) electrons. The van der Waals surface area contributed by atoms with Crippen molar-refractivity contribution in [1.82, 2.24) is 10.2 Å². The minimum absolute atomic E-state index is 0.200. The van der Waals surface area contributed by atoms with Crippen molar-refractivity contribution >= 4 is 17.5 Å². The van der Waals surface area contributed by atoms with Crippen LogP contribution in [0.25, 0.3) is 0 Å². The number of rotatable bonds is 3. The first kappa shape index (κ1) is 22.7. The number of hydrogen-bond acceptors (Lipinski definition) is 5. The number of benzene rings is 1. The molecule has 2 saturated heterocycles.